The van der Waals surface area contributed by atoms with E-state index in [9.17, 15) is 19.5 Å². The summed E-state index contributed by atoms with van der Waals surface area (Å²) in [6.07, 6.45) is -0.262. The van der Waals surface area contributed by atoms with Crippen LogP contribution in [0.4, 0.5) is 4.79 Å². The average Bonchev–Trinajstić information content (AvgIpc) is 2.76. The normalized spacial score (nSPS) is 25.1. The van der Waals surface area contributed by atoms with Crippen LogP contribution in [0.2, 0.25) is 0 Å². The number of rotatable bonds is 5. The van der Waals surface area contributed by atoms with E-state index in [0.717, 1.165) is 4.90 Å². The molecule has 8 nitrogen and oxygen atoms in total. The summed E-state index contributed by atoms with van der Waals surface area (Å²) in [6.45, 7) is 3.56. The van der Waals surface area contributed by atoms with Gasteiger partial charge in [0.05, 0.1) is 6.10 Å². The zero-order chi connectivity index (χ0) is 15.4. The highest BCUT2D eigenvalue weighted by Crippen LogP contribution is 2.21. The van der Waals surface area contributed by atoms with Gasteiger partial charge in [0, 0.05) is 13.0 Å². The number of aliphatic carboxylic acids is 1. The maximum absolute atomic E-state index is 12.4. The largest absolute Gasteiger partial charge is 0.480 e. The van der Waals surface area contributed by atoms with Gasteiger partial charge in [-0.3, -0.25) is 4.79 Å². The second-order valence-electron chi connectivity index (χ2n) is 5.11. The Morgan fingerprint density at radius 2 is 2.05 bits per heavy atom. The van der Waals surface area contributed by atoms with Crippen LogP contribution in [0.1, 0.15) is 26.7 Å². The van der Waals surface area contributed by atoms with Crippen LogP contribution < -0.4 is 11.1 Å². The number of carbonyl (C=O) groups is 3. The van der Waals surface area contributed by atoms with E-state index in [1.54, 1.807) is 6.92 Å². The van der Waals surface area contributed by atoms with Gasteiger partial charge in [0.15, 0.2) is 0 Å². The van der Waals surface area contributed by atoms with Crippen molar-refractivity contribution in [2.45, 2.75) is 44.9 Å². The fraction of sp³-hybridized carbons (Fsp3) is 0.750. The van der Waals surface area contributed by atoms with Crippen molar-refractivity contribution in [1.82, 2.24) is 10.2 Å². The van der Waals surface area contributed by atoms with Gasteiger partial charge in [0.1, 0.15) is 12.1 Å². The molecule has 0 aromatic carbocycles. The number of nitrogens with two attached hydrogens (primary N) is 1. The van der Waals surface area contributed by atoms with E-state index in [-0.39, 0.29) is 18.9 Å². The van der Waals surface area contributed by atoms with Crippen molar-refractivity contribution in [3.63, 3.8) is 0 Å². The highest BCUT2D eigenvalue weighted by atomic mass is 16.4. The van der Waals surface area contributed by atoms with Crippen molar-refractivity contribution in [3.8, 4) is 0 Å². The highest BCUT2D eigenvalue weighted by molar-refractivity contribution is 5.90. The molecule has 0 bridgehead atoms. The summed E-state index contributed by atoms with van der Waals surface area (Å²) in [7, 11) is 0. The molecule has 8 heteroatoms. The number of aliphatic hydroxyl groups is 1. The summed E-state index contributed by atoms with van der Waals surface area (Å²) < 4.78 is 0. The number of nitrogens with one attached hydrogen (secondary N) is 1. The number of urea groups is 1. The second-order valence-corrected chi connectivity index (χ2v) is 5.11. The number of primary amides is 1. The van der Waals surface area contributed by atoms with Crippen LogP contribution in [0.25, 0.3) is 0 Å². The van der Waals surface area contributed by atoms with Crippen molar-refractivity contribution >= 4 is 17.9 Å². The fourth-order valence-corrected chi connectivity index (χ4v) is 2.31. The van der Waals surface area contributed by atoms with E-state index in [1.165, 1.54) is 0 Å². The van der Waals surface area contributed by atoms with Crippen molar-refractivity contribution in [1.29, 1.82) is 0 Å². The second kappa shape index (κ2) is 6.56. The van der Waals surface area contributed by atoms with Gasteiger partial charge in [0.25, 0.3) is 0 Å². The van der Waals surface area contributed by atoms with Crippen LogP contribution in [0.5, 0.6) is 0 Å². The molecule has 0 radical (unpaired) electrons. The minimum Gasteiger partial charge on any atom is -0.480 e. The number of β-amino-alcohol motifs (C(OH)–C–C–N with tert-alkyl or cyclic N) is 1. The summed E-state index contributed by atoms with van der Waals surface area (Å²) in [5, 5.41) is 21.0. The number of carboxylic acid groups (broad SMARTS) is 1. The van der Waals surface area contributed by atoms with Crippen LogP contribution in [0, 0.1) is 5.92 Å². The summed E-state index contributed by atoms with van der Waals surface area (Å²) in [5.41, 5.74) is 5.06. The predicted molar refractivity (Wildman–Crippen MR) is 69.7 cm³/mol. The molecule has 3 amide bonds. The molecule has 1 rings (SSSR count). The van der Waals surface area contributed by atoms with E-state index in [4.69, 9.17) is 10.8 Å². The first-order valence-corrected chi connectivity index (χ1v) is 6.55. The lowest BCUT2D eigenvalue weighted by atomic mass is 9.97. The first-order valence-electron chi connectivity index (χ1n) is 6.55. The number of aliphatic hydroxyl groups excluding tert-OH is 1. The Balaban J connectivity index is 2.92. The van der Waals surface area contributed by atoms with Crippen molar-refractivity contribution in [2.24, 2.45) is 11.7 Å². The van der Waals surface area contributed by atoms with Gasteiger partial charge in [-0.1, -0.05) is 20.3 Å². The lowest BCUT2D eigenvalue weighted by Gasteiger charge is -2.29. The Morgan fingerprint density at radius 1 is 1.45 bits per heavy atom. The number of amides is 3. The molecule has 0 aliphatic carbocycles. The predicted octanol–water partition coefficient (Wildman–Crippen LogP) is -0.884. The van der Waals surface area contributed by atoms with Crippen LogP contribution >= 0.6 is 0 Å². The van der Waals surface area contributed by atoms with E-state index < -0.39 is 36.1 Å². The summed E-state index contributed by atoms with van der Waals surface area (Å²) in [5.74, 6) is -1.89. The summed E-state index contributed by atoms with van der Waals surface area (Å²) in [4.78, 5) is 35.7. The first kappa shape index (κ1) is 16.2. The molecule has 0 aromatic rings. The molecule has 0 spiro atoms. The Bertz CT molecular complexity index is 397. The molecule has 0 saturated carbocycles. The van der Waals surface area contributed by atoms with E-state index in [0.29, 0.717) is 6.42 Å². The van der Waals surface area contributed by atoms with Crippen molar-refractivity contribution < 1.29 is 24.6 Å². The summed E-state index contributed by atoms with van der Waals surface area (Å²) >= 11 is 0. The molecule has 1 fully saturated rings. The molecule has 1 saturated heterocycles. The molecule has 1 heterocycles. The number of likely N-dealkylation sites (tertiary alicyclic amines) is 1. The molecule has 3 unspecified atom stereocenters. The van der Waals surface area contributed by atoms with Gasteiger partial charge >= 0.3 is 12.0 Å². The molecule has 1 aliphatic rings. The molecule has 0 aromatic heterocycles. The standard InChI is InChI=1S/C12H21N3O5/c1-3-6(2)9(14-12(13)20)10(17)15-5-7(16)4-8(15)11(18)19/h6-9,16H,3-5H2,1-2H3,(H,18,19)(H3,13,14,20)/t6?,7?,8-,9?/m0/s1. The van der Waals surface area contributed by atoms with Crippen LogP contribution in [-0.4, -0.2) is 57.8 Å². The number of hydrogen-bond acceptors (Lipinski definition) is 4. The van der Waals surface area contributed by atoms with E-state index >= 15 is 0 Å². The Labute approximate surface area is 116 Å². The van der Waals surface area contributed by atoms with Gasteiger partial charge in [-0.2, -0.15) is 0 Å². The third-order valence-corrected chi connectivity index (χ3v) is 3.62. The number of carboxylic acids is 1. The lowest BCUT2D eigenvalue weighted by molar-refractivity contribution is -0.149. The van der Waals surface area contributed by atoms with Crippen LogP contribution in [0.15, 0.2) is 0 Å². The van der Waals surface area contributed by atoms with Crippen LogP contribution in [-0.2, 0) is 9.59 Å². The maximum Gasteiger partial charge on any atom is 0.326 e. The Hall–Kier alpha value is -1.83. The zero-order valence-corrected chi connectivity index (χ0v) is 11.6. The van der Waals surface area contributed by atoms with E-state index in [1.807, 2.05) is 6.92 Å². The monoisotopic (exact) mass is 287 g/mol. The molecule has 5 N–H and O–H groups in total. The number of nitrogens with zero attached hydrogens (tertiary/aromatic N) is 1. The molecule has 20 heavy (non-hydrogen) atoms. The van der Waals surface area contributed by atoms with E-state index in [2.05, 4.69) is 5.32 Å². The molecular weight excluding hydrogens is 266 g/mol. The zero-order valence-electron chi connectivity index (χ0n) is 11.6. The van der Waals surface area contributed by atoms with Gasteiger partial charge in [0.2, 0.25) is 5.91 Å². The maximum atomic E-state index is 12.4. The third-order valence-electron chi connectivity index (χ3n) is 3.62. The first-order chi connectivity index (χ1) is 9.27. The minimum absolute atomic E-state index is 0.00906. The molecule has 1 aliphatic heterocycles. The fourth-order valence-electron chi connectivity index (χ4n) is 2.31. The molecular formula is C12H21N3O5. The quantitative estimate of drug-likeness (QED) is 0.521. The number of carbonyl (C=O) groups excluding carboxylic acids is 2. The number of hydrogen-bond donors (Lipinski definition) is 4. The van der Waals surface area contributed by atoms with Crippen LogP contribution in [0.3, 0.4) is 0 Å². The average molecular weight is 287 g/mol. The minimum atomic E-state index is -1.17. The lowest BCUT2D eigenvalue weighted by Crippen LogP contribution is -2.55. The van der Waals surface area contributed by atoms with Gasteiger partial charge in [-0.15, -0.1) is 0 Å². The molecule has 4 atom stereocenters. The summed E-state index contributed by atoms with van der Waals surface area (Å²) in [6, 6.07) is -2.79. The topological polar surface area (TPSA) is 133 Å². The van der Waals surface area contributed by atoms with Crippen molar-refractivity contribution in [2.75, 3.05) is 6.54 Å². The highest BCUT2D eigenvalue weighted by Gasteiger charge is 2.42. The van der Waals surface area contributed by atoms with Gasteiger partial charge in [-0.25, -0.2) is 9.59 Å². The SMILES string of the molecule is CCC(C)C(NC(N)=O)C(=O)N1CC(O)C[C@H]1C(=O)O. The van der Waals surface area contributed by atoms with Gasteiger partial charge in [-0.05, 0) is 5.92 Å². The smallest absolute Gasteiger partial charge is 0.326 e. The Morgan fingerprint density at radius 3 is 2.50 bits per heavy atom. The molecule has 114 valence electrons. The third kappa shape index (κ3) is 3.60. The van der Waals surface area contributed by atoms with Gasteiger partial charge < -0.3 is 26.2 Å². The van der Waals surface area contributed by atoms with Crippen molar-refractivity contribution in [3.05, 3.63) is 0 Å². The Kier molecular flexibility index (Phi) is 5.32.